The number of carbonyl (C=O) groups is 1. The summed E-state index contributed by atoms with van der Waals surface area (Å²) < 4.78 is 7.05. The SMILES string of the molecule is Cl.O=C(CC1CC2CCC(C1)N2)NCc1ccc(-c2nc3ccccc3s2)o1. The molecule has 2 atom stereocenters. The van der Waals surface area contributed by atoms with Gasteiger partial charge in [-0.25, -0.2) is 4.98 Å². The lowest BCUT2D eigenvalue weighted by atomic mass is 9.89. The van der Waals surface area contributed by atoms with Crippen LogP contribution in [-0.2, 0) is 11.3 Å². The number of aromatic nitrogens is 1. The fourth-order valence-electron chi connectivity index (χ4n) is 4.43. The number of piperidine rings is 1. The van der Waals surface area contributed by atoms with E-state index in [2.05, 4.69) is 21.7 Å². The molecule has 5 rings (SSSR count). The van der Waals surface area contributed by atoms with E-state index in [9.17, 15) is 4.79 Å². The van der Waals surface area contributed by atoms with Crippen LogP contribution in [0.5, 0.6) is 0 Å². The molecule has 28 heavy (non-hydrogen) atoms. The molecule has 2 fully saturated rings. The molecule has 2 bridgehead atoms. The number of benzene rings is 1. The van der Waals surface area contributed by atoms with Gasteiger partial charge in [0.2, 0.25) is 5.91 Å². The monoisotopic (exact) mass is 417 g/mol. The van der Waals surface area contributed by atoms with Crippen LogP contribution < -0.4 is 10.6 Å². The van der Waals surface area contributed by atoms with Gasteiger partial charge in [0.05, 0.1) is 16.8 Å². The van der Waals surface area contributed by atoms with E-state index < -0.39 is 0 Å². The minimum atomic E-state index is 0. The number of carbonyl (C=O) groups excluding carboxylic acids is 1. The fourth-order valence-corrected chi connectivity index (χ4v) is 5.35. The number of nitrogens with zero attached hydrogens (tertiary/aromatic N) is 1. The number of rotatable bonds is 5. The highest BCUT2D eigenvalue weighted by molar-refractivity contribution is 7.21. The maximum atomic E-state index is 12.3. The summed E-state index contributed by atoms with van der Waals surface area (Å²) >= 11 is 1.62. The molecule has 148 valence electrons. The summed E-state index contributed by atoms with van der Waals surface area (Å²) in [6.45, 7) is 0.432. The molecule has 0 spiro atoms. The normalized spacial score (nSPS) is 23.5. The van der Waals surface area contributed by atoms with Crippen LogP contribution in [0.1, 0.15) is 37.9 Å². The topological polar surface area (TPSA) is 67.2 Å². The molecule has 1 aromatic carbocycles. The van der Waals surface area contributed by atoms with Crippen LogP contribution in [0.3, 0.4) is 0 Å². The summed E-state index contributed by atoms with van der Waals surface area (Å²) in [5.74, 6) is 2.16. The predicted octanol–water partition coefficient (Wildman–Crippen LogP) is 4.52. The van der Waals surface area contributed by atoms with Crippen LogP contribution in [0.2, 0.25) is 0 Å². The number of hydrogen-bond donors (Lipinski definition) is 2. The molecule has 4 heterocycles. The van der Waals surface area contributed by atoms with E-state index in [1.807, 2.05) is 30.3 Å². The Kier molecular flexibility index (Phi) is 5.71. The van der Waals surface area contributed by atoms with Crippen molar-refractivity contribution in [1.82, 2.24) is 15.6 Å². The van der Waals surface area contributed by atoms with E-state index >= 15 is 0 Å². The average Bonchev–Trinajstić information content (AvgIpc) is 3.38. The molecule has 2 aromatic heterocycles. The van der Waals surface area contributed by atoms with Crippen LogP contribution in [0.4, 0.5) is 0 Å². The van der Waals surface area contributed by atoms with Crippen molar-refractivity contribution in [2.45, 2.75) is 50.7 Å². The first-order valence-electron chi connectivity index (χ1n) is 9.70. The van der Waals surface area contributed by atoms with Crippen molar-refractivity contribution in [3.8, 4) is 10.8 Å². The summed E-state index contributed by atoms with van der Waals surface area (Å²) in [5, 5.41) is 7.52. The highest BCUT2D eigenvalue weighted by Gasteiger charge is 2.34. The molecule has 5 nitrogen and oxygen atoms in total. The van der Waals surface area contributed by atoms with E-state index in [1.54, 1.807) is 11.3 Å². The smallest absolute Gasteiger partial charge is 0.220 e. The third-order valence-electron chi connectivity index (χ3n) is 5.67. The minimum Gasteiger partial charge on any atom is -0.457 e. The highest BCUT2D eigenvalue weighted by Crippen LogP contribution is 2.33. The van der Waals surface area contributed by atoms with E-state index in [1.165, 1.54) is 12.8 Å². The molecular formula is C21H24ClN3O2S. The summed E-state index contributed by atoms with van der Waals surface area (Å²) in [6.07, 6.45) is 5.42. The molecule has 2 unspecified atom stereocenters. The van der Waals surface area contributed by atoms with Gasteiger partial charge in [-0.05, 0) is 55.9 Å². The standard InChI is InChI=1S/C21H23N3O2S.ClH/c25-20(11-13-9-14-5-6-15(10-13)23-14)22-12-16-7-8-18(26-16)21-24-17-3-1-2-4-19(17)27-21;/h1-4,7-8,13-15,23H,5-6,9-12H2,(H,22,25);1H. The Labute approximate surface area is 174 Å². The Balaban J connectivity index is 0.00000192. The Morgan fingerprint density at radius 3 is 2.75 bits per heavy atom. The van der Waals surface area contributed by atoms with Gasteiger partial charge in [0.15, 0.2) is 10.8 Å². The molecule has 0 radical (unpaired) electrons. The van der Waals surface area contributed by atoms with Crippen LogP contribution in [0, 0.1) is 5.92 Å². The second-order valence-corrected chi connectivity index (χ2v) is 8.74. The summed E-state index contributed by atoms with van der Waals surface area (Å²) in [4.78, 5) is 16.9. The zero-order valence-electron chi connectivity index (χ0n) is 15.5. The van der Waals surface area contributed by atoms with Crippen molar-refractivity contribution in [2.75, 3.05) is 0 Å². The number of amides is 1. The Morgan fingerprint density at radius 2 is 1.96 bits per heavy atom. The Bertz CT molecular complexity index is 924. The van der Waals surface area contributed by atoms with Gasteiger partial charge in [-0.3, -0.25) is 4.79 Å². The molecule has 0 aliphatic carbocycles. The zero-order chi connectivity index (χ0) is 18.2. The molecular weight excluding hydrogens is 394 g/mol. The van der Waals surface area contributed by atoms with Crippen molar-refractivity contribution in [2.24, 2.45) is 5.92 Å². The van der Waals surface area contributed by atoms with Gasteiger partial charge in [-0.1, -0.05) is 12.1 Å². The van der Waals surface area contributed by atoms with Gasteiger partial charge < -0.3 is 15.1 Å². The van der Waals surface area contributed by atoms with E-state index in [4.69, 9.17) is 4.42 Å². The second kappa shape index (κ2) is 8.23. The number of furan rings is 1. The predicted molar refractivity (Wildman–Crippen MR) is 114 cm³/mol. The van der Waals surface area contributed by atoms with Gasteiger partial charge in [0.25, 0.3) is 0 Å². The van der Waals surface area contributed by atoms with E-state index in [-0.39, 0.29) is 18.3 Å². The second-order valence-electron chi connectivity index (χ2n) is 7.71. The van der Waals surface area contributed by atoms with Gasteiger partial charge >= 0.3 is 0 Å². The molecule has 2 N–H and O–H groups in total. The number of thiazole rings is 1. The quantitative estimate of drug-likeness (QED) is 0.640. The zero-order valence-corrected chi connectivity index (χ0v) is 17.2. The lowest BCUT2D eigenvalue weighted by Gasteiger charge is -2.28. The summed E-state index contributed by atoms with van der Waals surface area (Å²) in [5.41, 5.74) is 0.986. The first-order chi connectivity index (χ1) is 13.2. The minimum absolute atomic E-state index is 0. The van der Waals surface area contributed by atoms with E-state index in [0.29, 0.717) is 31.0 Å². The average molecular weight is 418 g/mol. The van der Waals surface area contributed by atoms with E-state index in [0.717, 1.165) is 39.6 Å². The maximum Gasteiger partial charge on any atom is 0.220 e. The first kappa shape index (κ1) is 19.4. The van der Waals surface area contributed by atoms with Gasteiger partial charge in [0, 0.05) is 18.5 Å². The molecule has 2 aliphatic heterocycles. The van der Waals surface area contributed by atoms with Crippen molar-refractivity contribution >= 4 is 39.9 Å². The van der Waals surface area contributed by atoms with Crippen LogP contribution in [0.25, 0.3) is 21.0 Å². The van der Waals surface area contributed by atoms with Crippen molar-refractivity contribution in [3.05, 3.63) is 42.2 Å². The van der Waals surface area contributed by atoms with Crippen molar-refractivity contribution in [3.63, 3.8) is 0 Å². The lowest BCUT2D eigenvalue weighted by molar-refractivity contribution is -0.122. The highest BCUT2D eigenvalue weighted by atomic mass is 35.5. The number of halogens is 1. The lowest BCUT2D eigenvalue weighted by Crippen LogP contribution is -2.39. The van der Waals surface area contributed by atoms with Crippen molar-refractivity contribution in [1.29, 1.82) is 0 Å². The Morgan fingerprint density at radius 1 is 1.18 bits per heavy atom. The largest absolute Gasteiger partial charge is 0.457 e. The van der Waals surface area contributed by atoms with Gasteiger partial charge in [-0.15, -0.1) is 23.7 Å². The molecule has 1 amide bonds. The van der Waals surface area contributed by atoms with Crippen LogP contribution in [0.15, 0.2) is 40.8 Å². The number of para-hydroxylation sites is 1. The first-order valence-corrected chi connectivity index (χ1v) is 10.5. The fraction of sp³-hybridized carbons (Fsp3) is 0.429. The maximum absolute atomic E-state index is 12.3. The number of nitrogens with one attached hydrogen (secondary N) is 2. The van der Waals surface area contributed by atoms with Crippen LogP contribution in [-0.4, -0.2) is 23.0 Å². The molecule has 2 saturated heterocycles. The summed E-state index contributed by atoms with van der Waals surface area (Å²) in [7, 11) is 0. The van der Waals surface area contributed by atoms with Gasteiger partial charge in [0.1, 0.15) is 5.76 Å². The Hall–Kier alpha value is -1.89. The molecule has 3 aromatic rings. The molecule has 7 heteroatoms. The number of hydrogen-bond acceptors (Lipinski definition) is 5. The third kappa shape index (κ3) is 4.09. The molecule has 0 saturated carbocycles. The molecule has 2 aliphatic rings. The third-order valence-corrected chi connectivity index (χ3v) is 6.72. The van der Waals surface area contributed by atoms with Crippen molar-refractivity contribution < 1.29 is 9.21 Å². The number of fused-ring (bicyclic) bond motifs is 3. The summed E-state index contributed by atoms with van der Waals surface area (Å²) in [6, 6.07) is 13.2. The van der Waals surface area contributed by atoms with Gasteiger partial charge in [-0.2, -0.15) is 0 Å². The van der Waals surface area contributed by atoms with Crippen LogP contribution >= 0.6 is 23.7 Å².